The highest BCUT2D eigenvalue weighted by Crippen LogP contribution is 2.12. The first-order valence-corrected chi connectivity index (χ1v) is 4.64. The van der Waals surface area contributed by atoms with Crippen molar-refractivity contribution in [2.45, 2.75) is 6.04 Å². The molecule has 0 spiro atoms. The third-order valence-corrected chi connectivity index (χ3v) is 2.32. The molecule has 13 heavy (non-hydrogen) atoms. The molecule has 1 rings (SSSR count). The Morgan fingerprint density at radius 3 is 3.08 bits per heavy atom. The average molecular weight is 199 g/mol. The maximum Gasteiger partial charge on any atom is 0.254 e. The third-order valence-electron chi connectivity index (χ3n) is 1.30. The highest BCUT2D eigenvalue weighted by molar-refractivity contribution is 8.14. The molecular weight excluding hydrogens is 190 g/mol. The van der Waals surface area contributed by atoms with Crippen molar-refractivity contribution < 1.29 is 14.0 Å². The predicted molar refractivity (Wildman–Crippen MR) is 49.5 cm³/mol. The quantitative estimate of drug-likeness (QED) is 0.722. The first kappa shape index (κ1) is 10.0. The predicted octanol–water partition coefficient (Wildman–Crippen LogP) is 0.679. The van der Waals surface area contributed by atoms with Crippen molar-refractivity contribution in [2.24, 2.45) is 5.73 Å². The van der Waals surface area contributed by atoms with Crippen LogP contribution in [0.4, 0.5) is 0 Å². The molecule has 1 aromatic rings. The van der Waals surface area contributed by atoms with Crippen LogP contribution in [-0.4, -0.2) is 23.2 Å². The van der Waals surface area contributed by atoms with E-state index in [-0.39, 0.29) is 16.6 Å². The molecule has 0 aliphatic rings. The molecule has 0 aliphatic carbocycles. The minimum absolute atomic E-state index is 0.206. The number of thioether (sulfide) groups is 1. The van der Waals surface area contributed by atoms with Gasteiger partial charge in [0, 0.05) is 5.75 Å². The Morgan fingerprint density at radius 1 is 1.77 bits per heavy atom. The van der Waals surface area contributed by atoms with Gasteiger partial charge < -0.3 is 14.9 Å². The zero-order chi connectivity index (χ0) is 9.68. The molecular formula is C8H9NO3S. The Bertz CT molecular complexity index is 284. The van der Waals surface area contributed by atoms with E-state index in [4.69, 9.17) is 10.2 Å². The number of hydrogen-bond donors (Lipinski definition) is 1. The lowest BCUT2D eigenvalue weighted by Gasteiger charge is -1.99. The summed E-state index contributed by atoms with van der Waals surface area (Å²) in [5.74, 6) is 0.561. The summed E-state index contributed by atoms with van der Waals surface area (Å²) in [6.07, 6.45) is 2.04. The molecule has 5 heteroatoms. The van der Waals surface area contributed by atoms with Gasteiger partial charge in [0.05, 0.1) is 12.3 Å². The lowest BCUT2D eigenvalue weighted by molar-refractivity contribution is -0.108. The monoisotopic (exact) mass is 199 g/mol. The fourth-order valence-electron chi connectivity index (χ4n) is 0.677. The molecule has 0 fully saturated rings. The summed E-state index contributed by atoms with van der Waals surface area (Å²) in [5.41, 5.74) is 5.30. The smallest absolute Gasteiger partial charge is 0.254 e. The minimum Gasteiger partial charge on any atom is -0.460 e. The first-order valence-electron chi connectivity index (χ1n) is 3.65. The zero-order valence-corrected chi connectivity index (χ0v) is 7.62. The van der Waals surface area contributed by atoms with E-state index >= 15 is 0 Å². The topological polar surface area (TPSA) is 73.3 Å². The summed E-state index contributed by atoms with van der Waals surface area (Å²) >= 11 is 0.978. The summed E-state index contributed by atoms with van der Waals surface area (Å²) in [7, 11) is 0. The molecule has 70 valence electrons. The van der Waals surface area contributed by atoms with Crippen LogP contribution in [0.25, 0.3) is 0 Å². The van der Waals surface area contributed by atoms with Crippen LogP contribution in [0.1, 0.15) is 10.6 Å². The normalized spacial score (nSPS) is 12.4. The van der Waals surface area contributed by atoms with E-state index in [1.165, 1.54) is 6.26 Å². The fraction of sp³-hybridized carbons (Fsp3) is 0.250. The van der Waals surface area contributed by atoms with E-state index in [1.54, 1.807) is 12.1 Å². The van der Waals surface area contributed by atoms with Crippen LogP contribution in [0, 0.1) is 0 Å². The van der Waals surface area contributed by atoms with E-state index in [0.29, 0.717) is 6.29 Å². The van der Waals surface area contributed by atoms with Gasteiger partial charge in [0.1, 0.15) is 6.29 Å². The Morgan fingerprint density at radius 2 is 2.54 bits per heavy atom. The Labute approximate surface area is 79.5 Å². The fourth-order valence-corrected chi connectivity index (χ4v) is 1.36. The second-order valence-corrected chi connectivity index (χ2v) is 3.37. The van der Waals surface area contributed by atoms with Crippen LogP contribution >= 0.6 is 11.8 Å². The van der Waals surface area contributed by atoms with Gasteiger partial charge in [0.15, 0.2) is 5.76 Å². The minimum atomic E-state index is -0.594. The lowest BCUT2D eigenvalue weighted by Crippen LogP contribution is -2.24. The summed E-state index contributed by atoms with van der Waals surface area (Å²) in [5, 5.41) is -0.206. The SMILES string of the molecule is N[C@H](C=O)CSC(=O)c1ccco1. The van der Waals surface area contributed by atoms with Crippen LogP contribution in [0.15, 0.2) is 22.8 Å². The summed E-state index contributed by atoms with van der Waals surface area (Å²) < 4.78 is 4.86. The van der Waals surface area contributed by atoms with Crippen molar-refractivity contribution in [3.8, 4) is 0 Å². The molecule has 0 saturated carbocycles. The average Bonchev–Trinajstić information content (AvgIpc) is 2.66. The Hall–Kier alpha value is -1.07. The van der Waals surface area contributed by atoms with E-state index in [2.05, 4.69) is 0 Å². The zero-order valence-electron chi connectivity index (χ0n) is 6.80. The molecule has 0 radical (unpaired) electrons. The van der Waals surface area contributed by atoms with Gasteiger partial charge in [-0.1, -0.05) is 11.8 Å². The first-order chi connectivity index (χ1) is 6.24. The summed E-state index contributed by atoms with van der Waals surface area (Å²) in [4.78, 5) is 21.4. The van der Waals surface area contributed by atoms with E-state index in [1.807, 2.05) is 0 Å². The highest BCUT2D eigenvalue weighted by Gasteiger charge is 2.11. The van der Waals surface area contributed by atoms with Gasteiger partial charge in [-0.25, -0.2) is 0 Å². The van der Waals surface area contributed by atoms with Crippen molar-refractivity contribution in [2.75, 3.05) is 5.75 Å². The van der Waals surface area contributed by atoms with Crippen LogP contribution in [0.3, 0.4) is 0 Å². The van der Waals surface area contributed by atoms with Crippen LogP contribution < -0.4 is 5.73 Å². The number of furan rings is 1. The van der Waals surface area contributed by atoms with Gasteiger partial charge in [-0.15, -0.1) is 0 Å². The highest BCUT2D eigenvalue weighted by atomic mass is 32.2. The maximum absolute atomic E-state index is 11.2. The van der Waals surface area contributed by atoms with Crippen molar-refractivity contribution in [3.63, 3.8) is 0 Å². The van der Waals surface area contributed by atoms with Crippen LogP contribution in [0.2, 0.25) is 0 Å². The van der Waals surface area contributed by atoms with Gasteiger partial charge in [-0.05, 0) is 12.1 Å². The number of aldehydes is 1. The van der Waals surface area contributed by atoms with Crippen LogP contribution in [-0.2, 0) is 4.79 Å². The molecule has 1 heterocycles. The van der Waals surface area contributed by atoms with Gasteiger partial charge in [-0.3, -0.25) is 4.79 Å². The van der Waals surface area contributed by atoms with E-state index < -0.39 is 6.04 Å². The maximum atomic E-state index is 11.2. The van der Waals surface area contributed by atoms with Gasteiger partial charge in [0.25, 0.3) is 5.12 Å². The molecule has 1 aromatic heterocycles. The Kier molecular flexibility index (Phi) is 3.72. The number of rotatable bonds is 4. The third kappa shape index (κ3) is 3.04. The lowest BCUT2D eigenvalue weighted by atomic mass is 10.4. The molecule has 0 saturated heterocycles. The molecule has 0 aliphatic heterocycles. The number of carbonyl (C=O) groups is 2. The number of nitrogens with two attached hydrogens (primary N) is 1. The van der Waals surface area contributed by atoms with Gasteiger partial charge >= 0.3 is 0 Å². The van der Waals surface area contributed by atoms with Gasteiger partial charge in [0.2, 0.25) is 0 Å². The molecule has 2 N–H and O–H groups in total. The van der Waals surface area contributed by atoms with Crippen molar-refractivity contribution >= 4 is 23.2 Å². The second kappa shape index (κ2) is 4.84. The van der Waals surface area contributed by atoms with Crippen molar-refractivity contribution in [1.29, 1.82) is 0 Å². The van der Waals surface area contributed by atoms with Crippen LogP contribution in [0.5, 0.6) is 0 Å². The van der Waals surface area contributed by atoms with Crippen molar-refractivity contribution in [1.82, 2.24) is 0 Å². The number of carbonyl (C=O) groups excluding carboxylic acids is 2. The standard InChI is InChI=1S/C8H9NO3S/c9-6(4-10)5-13-8(11)7-2-1-3-12-7/h1-4,6H,5,9H2/t6-/m1/s1. The molecule has 0 bridgehead atoms. The number of hydrogen-bond acceptors (Lipinski definition) is 5. The second-order valence-electron chi connectivity index (χ2n) is 2.38. The Balaban J connectivity index is 2.39. The van der Waals surface area contributed by atoms with E-state index in [0.717, 1.165) is 11.8 Å². The molecule has 0 amide bonds. The molecule has 0 aromatic carbocycles. The van der Waals surface area contributed by atoms with Gasteiger partial charge in [-0.2, -0.15) is 0 Å². The summed E-state index contributed by atoms with van der Waals surface area (Å²) in [6.45, 7) is 0. The molecule has 1 atom stereocenters. The van der Waals surface area contributed by atoms with Crippen molar-refractivity contribution in [3.05, 3.63) is 24.2 Å². The largest absolute Gasteiger partial charge is 0.460 e. The molecule has 0 unspecified atom stereocenters. The van der Waals surface area contributed by atoms with E-state index in [9.17, 15) is 9.59 Å². The summed E-state index contributed by atoms with van der Waals surface area (Å²) in [6, 6.07) is 2.61. The molecule has 4 nitrogen and oxygen atoms in total.